The van der Waals surface area contributed by atoms with E-state index in [9.17, 15) is 9.59 Å². The highest BCUT2D eigenvalue weighted by Gasteiger charge is 2.41. The number of hydrogen-bond donors (Lipinski definition) is 2. The number of ether oxygens (including phenoxy) is 2. The quantitative estimate of drug-likeness (QED) is 0.417. The number of rotatable bonds is 6. The Bertz CT molecular complexity index is 1400. The summed E-state index contributed by atoms with van der Waals surface area (Å²) in [7, 11) is 3.22. The fraction of sp³-hybridized carbons (Fsp3) is 0.267. The average molecular weight is 515 g/mol. The van der Waals surface area contributed by atoms with E-state index in [0.29, 0.717) is 35.5 Å². The molecule has 2 N–H and O–H groups in total. The zero-order valence-corrected chi connectivity index (χ0v) is 22.2. The summed E-state index contributed by atoms with van der Waals surface area (Å²) in [5.74, 6) is 0.740. The van der Waals surface area contributed by atoms with E-state index in [1.807, 2.05) is 73.1 Å². The normalized spacial score (nSPS) is 19.3. The van der Waals surface area contributed by atoms with Crippen molar-refractivity contribution in [3.63, 3.8) is 0 Å². The Labute approximate surface area is 221 Å². The van der Waals surface area contributed by atoms with Crippen molar-refractivity contribution in [2.75, 3.05) is 19.5 Å². The molecule has 1 aliphatic heterocycles. The molecule has 2 aliphatic rings. The smallest absolute Gasteiger partial charge is 0.254 e. The van der Waals surface area contributed by atoms with Gasteiger partial charge < -0.3 is 20.1 Å². The Balaban J connectivity index is 1.50. The lowest BCUT2D eigenvalue weighted by Gasteiger charge is -2.36. The molecular formula is C30H30N2O4S. The van der Waals surface area contributed by atoms with Gasteiger partial charge in [-0.1, -0.05) is 23.8 Å². The van der Waals surface area contributed by atoms with Crippen molar-refractivity contribution in [2.45, 2.75) is 38.5 Å². The van der Waals surface area contributed by atoms with Crippen molar-refractivity contribution in [1.82, 2.24) is 5.32 Å². The monoisotopic (exact) mass is 514 g/mol. The van der Waals surface area contributed by atoms with E-state index >= 15 is 0 Å². The first-order chi connectivity index (χ1) is 17.9. The first kappa shape index (κ1) is 24.8. The molecule has 0 bridgehead atoms. The first-order valence-corrected chi connectivity index (χ1v) is 13.2. The van der Waals surface area contributed by atoms with Gasteiger partial charge in [-0.25, -0.2) is 0 Å². The molecule has 1 amide bonds. The molecule has 7 heteroatoms. The maximum Gasteiger partial charge on any atom is 0.254 e. The number of ketones is 1. The number of allylic oxidation sites excluding steroid dienone is 3. The summed E-state index contributed by atoms with van der Waals surface area (Å²) in [6.45, 7) is 3.92. The largest absolute Gasteiger partial charge is 0.493 e. The van der Waals surface area contributed by atoms with Crippen LogP contribution >= 0.6 is 11.3 Å². The van der Waals surface area contributed by atoms with E-state index in [1.54, 1.807) is 25.6 Å². The summed E-state index contributed by atoms with van der Waals surface area (Å²) in [4.78, 5) is 27.4. The van der Waals surface area contributed by atoms with Crippen molar-refractivity contribution >= 4 is 28.7 Å². The Kier molecular flexibility index (Phi) is 6.89. The molecule has 2 heterocycles. The zero-order valence-electron chi connectivity index (χ0n) is 21.4. The van der Waals surface area contributed by atoms with Gasteiger partial charge in [0.15, 0.2) is 17.3 Å². The Morgan fingerprint density at radius 1 is 0.973 bits per heavy atom. The van der Waals surface area contributed by atoms with Gasteiger partial charge in [0.1, 0.15) is 0 Å². The molecule has 190 valence electrons. The van der Waals surface area contributed by atoms with E-state index in [0.717, 1.165) is 33.8 Å². The number of thiophene rings is 1. The molecule has 0 saturated heterocycles. The van der Waals surface area contributed by atoms with Gasteiger partial charge in [-0.3, -0.25) is 9.59 Å². The van der Waals surface area contributed by atoms with Crippen molar-refractivity contribution in [3.05, 3.63) is 98.5 Å². The highest BCUT2D eigenvalue weighted by Crippen LogP contribution is 2.46. The van der Waals surface area contributed by atoms with Crippen LogP contribution in [0.25, 0.3) is 0 Å². The number of carbonyl (C=O) groups excluding carboxylic acids is 2. The molecule has 6 nitrogen and oxygen atoms in total. The lowest BCUT2D eigenvalue weighted by molar-refractivity contribution is -0.116. The van der Waals surface area contributed by atoms with Gasteiger partial charge in [-0.15, -0.1) is 0 Å². The molecule has 0 saturated carbocycles. The predicted molar refractivity (Wildman–Crippen MR) is 146 cm³/mol. The van der Waals surface area contributed by atoms with Crippen LogP contribution in [0.3, 0.4) is 0 Å². The van der Waals surface area contributed by atoms with E-state index in [-0.39, 0.29) is 17.6 Å². The number of hydrogen-bond acceptors (Lipinski definition) is 6. The van der Waals surface area contributed by atoms with Crippen LogP contribution in [-0.4, -0.2) is 25.9 Å². The molecule has 0 radical (unpaired) electrons. The standard InChI is InChI=1S/C30H30N2O4S/c1-17-5-8-22(9-6-17)32-30(34)27-18(2)31-23-13-21(19-7-10-25(35-3)26(15-19)36-4)14-24(33)29(23)28(27)20-11-12-37-16-20/h5-12,15-16,21,28,31H,13-14H2,1-4H3,(H,32,34)/t21-,28+/m0/s1. The molecular weight excluding hydrogens is 484 g/mol. The van der Waals surface area contributed by atoms with Crippen LogP contribution in [0.5, 0.6) is 11.5 Å². The van der Waals surface area contributed by atoms with Gasteiger partial charge in [-0.05, 0) is 78.4 Å². The van der Waals surface area contributed by atoms with Gasteiger partial charge in [-0.2, -0.15) is 11.3 Å². The number of anilines is 1. The molecule has 37 heavy (non-hydrogen) atoms. The van der Waals surface area contributed by atoms with Crippen LogP contribution in [0.15, 0.2) is 81.8 Å². The van der Waals surface area contributed by atoms with Crippen molar-refractivity contribution in [3.8, 4) is 11.5 Å². The average Bonchev–Trinajstić information content (AvgIpc) is 3.43. The van der Waals surface area contributed by atoms with Crippen LogP contribution in [0, 0.1) is 6.92 Å². The van der Waals surface area contributed by atoms with E-state index < -0.39 is 5.92 Å². The maximum absolute atomic E-state index is 13.8. The predicted octanol–water partition coefficient (Wildman–Crippen LogP) is 6.07. The number of carbonyl (C=O) groups is 2. The fourth-order valence-electron chi connectivity index (χ4n) is 5.29. The molecule has 1 aromatic heterocycles. The second-order valence-electron chi connectivity index (χ2n) is 9.51. The molecule has 0 spiro atoms. The highest BCUT2D eigenvalue weighted by atomic mass is 32.1. The highest BCUT2D eigenvalue weighted by molar-refractivity contribution is 7.08. The SMILES string of the molecule is COc1ccc([C@@H]2CC(=O)C3=C(C2)NC(C)=C(C(=O)Nc2ccc(C)cc2)[C@H]3c2ccsc2)cc1OC. The van der Waals surface area contributed by atoms with Crippen LogP contribution in [0.2, 0.25) is 0 Å². The molecule has 0 fully saturated rings. The van der Waals surface area contributed by atoms with Gasteiger partial charge in [0.05, 0.1) is 14.2 Å². The van der Waals surface area contributed by atoms with Crippen LogP contribution in [0.1, 0.15) is 48.3 Å². The third-order valence-corrected chi connectivity index (χ3v) is 7.84. The Morgan fingerprint density at radius 3 is 2.41 bits per heavy atom. The number of methoxy groups -OCH3 is 2. The lowest BCUT2D eigenvalue weighted by atomic mass is 9.72. The topological polar surface area (TPSA) is 76.7 Å². The van der Waals surface area contributed by atoms with Gasteiger partial charge in [0, 0.05) is 40.6 Å². The van der Waals surface area contributed by atoms with E-state index in [1.165, 1.54) is 0 Å². The summed E-state index contributed by atoms with van der Waals surface area (Å²) >= 11 is 1.57. The number of dihydropyridines is 1. The van der Waals surface area contributed by atoms with Crippen LogP contribution < -0.4 is 20.1 Å². The summed E-state index contributed by atoms with van der Waals surface area (Å²) in [5.41, 5.74) is 6.75. The van der Waals surface area contributed by atoms with Crippen molar-refractivity contribution in [1.29, 1.82) is 0 Å². The molecule has 2 atom stereocenters. The number of Topliss-reactive ketones (excluding diaryl/α,β-unsaturated/α-hetero) is 1. The minimum absolute atomic E-state index is 0.00239. The van der Waals surface area contributed by atoms with Crippen molar-refractivity contribution < 1.29 is 19.1 Å². The lowest BCUT2D eigenvalue weighted by Crippen LogP contribution is -2.36. The molecule has 3 aromatic rings. The summed E-state index contributed by atoms with van der Waals surface area (Å²) in [5, 5.41) is 10.5. The first-order valence-electron chi connectivity index (χ1n) is 12.3. The van der Waals surface area contributed by atoms with Crippen LogP contribution in [0.4, 0.5) is 5.69 Å². The van der Waals surface area contributed by atoms with Gasteiger partial charge in [0.2, 0.25) is 0 Å². The number of amides is 1. The fourth-order valence-corrected chi connectivity index (χ4v) is 5.98. The van der Waals surface area contributed by atoms with Crippen molar-refractivity contribution in [2.24, 2.45) is 0 Å². The van der Waals surface area contributed by atoms with Gasteiger partial charge in [0.25, 0.3) is 5.91 Å². The third-order valence-electron chi connectivity index (χ3n) is 7.14. The summed E-state index contributed by atoms with van der Waals surface area (Å²) < 4.78 is 10.9. The van der Waals surface area contributed by atoms with E-state index in [4.69, 9.17) is 9.47 Å². The third kappa shape index (κ3) is 4.79. The number of aryl methyl sites for hydroxylation is 1. The van der Waals surface area contributed by atoms with Gasteiger partial charge >= 0.3 is 0 Å². The second-order valence-corrected chi connectivity index (χ2v) is 10.3. The minimum Gasteiger partial charge on any atom is -0.493 e. The Hall–Kier alpha value is -3.84. The second kappa shape index (κ2) is 10.3. The summed E-state index contributed by atoms with van der Waals surface area (Å²) in [6, 6.07) is 15.5. The van der Waals surface area contributed by atoms with Crippen LogP contribution in [-0.2, 0) is 9.59 Å². The minimum atomic E-state index is -0.410. The molecule has 0 unspecified atom stereocenters. The molecule has 1 aliphatic carbocycles. The number of nitrogens with one attached hydrogen (secondary N) is 2. The summed E-state index contributed by atoms with van der Waals surface area (Å²) in [6.07, 6.45) is 1.03. The zero-order chi connectivity index (χ0) is 26.1. The maximum atomic E-state index is 13.8. The molecule has 5 rings (SSSR count). The molecule has 2 aromatic carbocycles. The number of benzene rings is 2. The Morgan fingerprint density at radius 2 is 1.73 bits per heavy atom. The van der Waals surface area contributed by atoms with E-state index in [2.05, 4.69) is 10.6 Å².